The smallest absolute Gasteiger partial charge is 0.358 e. The summed E-state index contributed by atoms with van der Waals surface area (Å²) in [7, 11) is 1.37. The Morgan fingerprint density at radius 3 is 2.47 bits per heavy atom. The SMILES string of the molecule is COC(=O)c1nn(C(C)(C)C)c(N)c1C1CC1. The number of nitrogens with zero attached hydrogens (tertiary/aromatic N) is 2. The number of carbonyl (C=O) groups is 1. The maximum atomic E-state index is 11.7. The lowest BCUT2D eigenvalue weighted by Gasteiger charge is -2.20. The zero-order chi connectivity index (χ0) is 12.8. The van der Waals surface area contributed by atoms with Crippen molar-refractivity contribution in [2.75, 3.05) is 12.8 Å². The molecule has 0 atom stereocenters. The van der Waals surface area contributed by atoms with Gasteiger partial charge in [-0.15, -0.1) is 0 Å². The van der Waals surface area contributed by atoms with Gasteiger partial charge < -0.3 is 10.5 Å². The minimum absolute atomic E-state index is 0.236. The highest BCUT2D eigenvalue weighted by atomic mass is 16.5. The van der Waals surface area contributed by atoms with Gasteiger partial charge in [-0.05, 0) is 39.5 Å². The molecule has 2 N–H and O–H groups in total. The highest BCUT2D eigenvalue weighted by Gasteiger charge is 2.36. The predicted octanol–water partition coefficient (Wildman–Crippen LogP) is 1.88. The standard InChI is InChI=1S/C12H19N3O2/c1-12(2,3)15-10(13)8(7-5-6-7)9(14-15)11(16)17-4/h7H,5-6,13H2,1-4H3. The molecule has 0 unspecified atom stereocenters. The van der Waals surface area contributed by atoms with Gasteiger partial charge in [0.05, 0.1) is 12.6 Å². The van der Waals surface area contributed by atoms with Crippen molar-refractivity contribution < 1.29 is 9.53 Å². The molecule has 0 saturated heterocycles. The lowest BCUT2D eigenvalue weighted by molar-refractivity contribution is 0.0591. The number of hydrogen-bond donors (Lipinski definition) is 1. The van der Waals surface area contributed by atoms with Crippen molar-refractivity contribution in [1.82, 2.24) is 9.78 Å². The molecule has 0 aromatic carbocycles. The van der Waals surface area contributed by atoms with Crippen LogP contribution >= 0.6 is 0 Å². The zero-order valence-electron chi connectivity index (χ0n) is 10.8. The van der Waals surface area contributed by atoms with E-state index in [-0.39, 0.29) is 5.54 Å². The van der Waals surface area contributed by atoms with Crippen molar-refractivity contribution in [1.29, 1.82) is 0 Å². The van der Waals surface area contributed by atoms with Gasteiger partial charge in [-0.2, -0.15) is 5.10 Å². The molecule has 0 aliphatic heterocycles. The Bertz CT molecular complexity index is 453. The van der Waals surface area contributed by atoms with Crippen LogP contribution in [0.5, 0.6) is 0 Å². The van der Waals surface area contributed by atoms with Gasteiger partial charge >= 0.3 is 5.97 Å². The van der Waals surface area contributed by atoms with Gasteiger partial charge in [0.25, 0.3) is 0 Å². The normalized spacial score (nSPS) is 16.0. The second-order valence-corrected chi connectivity index (χ2v) is 5.50. The summed E-state index contributed by atoms with van der Waals surface area (Å²) < 4.78 is 6.48. The lowest BCUT2D eigenvalue weighted by Crippen LogP contribution is -2.25. The van der Waals surface area contributed by atoms with Gasteiger partial charge in [-0.1, -0.05) is 0 Å². The van der Waals surface area contributed by atoms with Gasteiger partial charge in [-0.25, -0.2) is 9.48 Å². The molecule has 0 amide bonds. The lowest BCUT2D eigenvalue weighted by atomic mass is 10.1. The third-order valence-electron chi connectivity index (χ3n) is 2.96. The molecule has 94 valence electrons. The molecule has 0 spiro atoms. The van der Waals surface area contributed by atoms with E-state index in [4.69, 9.17) is 10.5 Å². The number of anilines is 1. The molecular weight excluding hydrogens is 218 g/mol. The number of carbonyl (C=O) groups excluding carboxylic acids is 1. The first kappa shape index (κ1) is 12.0. The number of esters is 1. The molecule has 1 aromatic heterocycles. The molecule has 1 saturated carbocycles. The molecule has 1 aliphatic carbocycles. The van der Waals surface area contributed by atoms with E-state index in [1.807, 2.05) is 20.8 Å². The second kappa shape index (κ2) is 3.75. The Hall–Kier alpha value is -1.52. The highest BCUT2D eigenvalue weighted by Crippen LogP contribution is 2.45. The molecule has 5 heteroatoms. The van der Waals surface area contributed by atoms with E-state index in [9.17, 15) is 4.79 Å². The number of methoxy groups -OCH3 is 1. The van der Waals surface area contributed by atoms with Crippen molar-refractivity contribution in [2.24, 2.45) is 0 Å². The van der Waals surface area contributed by atoms with Crippen LogP contribution in [-0.4, -0.2) is 22.9 Å². The molecule has 0 radical (unpaired) electrons. The largest absolute Gasteiger partial charge is 0.464 e. The first-order valence-electron chi connectivity index (χ1n) is 5.83. The van der Waals surface area contributed by atoms with E-state index >= 15 is 0 Å². The van der Waals surface area contributed by atoms with Crippen LogP contribution in [0.4, 0.5) is 5.82 Å². The van der Waals surface area contributed by atoms with Gasteiger partial charge in [-0.3, -0.25) is 0 Å². The molecule has 2 rings (SSSR count). The van der Waals surface area contributed by atoms with Crippen LogP contribution in [0.15, 0.2) is 0 Å². The highest BCUT2D eigenvalue weighted by molar-refractivity contribution is 5.90. The predicted molar refractivity (Wildman–Crippen MR) is 64.9 cm³/mol. The van der Waals surface area contributed by atoms with Crippen molar-refractivity contribution >= 4 is 11.8 Å². The fourth-order valence-corrected chi connectivity index (χ4v) is 1.98. The Morgan fingerprint density at radius 1 is 1.47 bits per heavy atom. The van der Waals surface area contributed by atoms with Crippen LogP contribution in [0.3, 0.4) is 0 Å². The summed E-state index contributed by atoms with van der Waals surface area (Å²) in [4.78, 5) is 11.7. The van der Waals surface area contributed by atoms with Crippen LogP contribution in [0, 0.1) is 0 Å². The summed E-state index contributed by atoms with van der Waals surface area (Å²) in [6.45, 7) is 6.02. The molecule has 1 aromatic rings. The number of nitrogens with two attached hydrogens (primary N) is 1. The van der Waals surface area contributed by atoms with Gasteiger partial charge in [0.2, 0.25) is 0 Å². The third kappa shape index (κ3) is 2.01. The first-order chi connectivity index (χ1) is 7.86. The Morgan fingerprint density at radius 2 is 2.06 bits per heavy atom. The van der Waals surface area contributed by atoms with Crippen LogP contribution in [0.25, 0.3) is 0 Å². The maximum absolute atomic E-state index is 11.7. The molecule has 1 fully saturated rings. The van der Waals surface area contributed by atoms with Crippen LogP contribution in [0.1, 0.15) is 55.6 Å². The molecular formula is C12H19N3O2. The summed E-state index contributed by atoms with van der Waals surface area (Å²) in [6, 6.07) is 0. The van der Waals surface area contributed by atoms with Crippen LogP contribution < -0.4 is 5.73 Å². The Balaban J connectivity index is 2.55. The van der Waals surface area contributed by atoms with E-state index < -0.39 is 5.97 Å². The molecule has 1 heterocycles. The fraction of sp³-hybridized carbons (Fsp3) is 0.667. The molecule has 1 aliphatic rings. The number of ether oxygens (including phenoxy) is 1. The average molecular weight is 237 g/mol. The van der Waals surface area contributed by atoms with E-state index in [1.54, 1.807) is 4.68 Å². The van der Waals surface area contributed by atoms with Gasteiger partial charge in [0.15, 0.2) is 5.69 Å². The van der Waals surface area contributed by atoms with Crippen molar-refractivity contribution in [2.45, 2.75) is 45.1 Å². The summed E-state index contributed by atoms with van der Waals surface area (Å²) in [5.41, 5.74) is 7.12. The minimum atomic E-state index is -0.401. The van der Waals surface area contributed by atoms with E-state index in [1.165, 1.54) is 7.11 Å². The molecule has 0 bridgehead atoms. The number of nitrogen functional groups attached to an aromatic ring is 1. The van der Waals surface area contributed by atoms with E-state index in [0.717, 1.165) is 18.4 Å². The number of hydrogen-bond acceptors (Lipinski definition) is 4. The van der Waals surface area contributed by atoms with Crippen LogP contribution in [0.2, 0.25) is 0 Å². The van der Waals surface area contributed by atoms with Crippen LogP contribution in [-0.2, 0) is 10.3 Å². The summed E-state index contributed by atoms with van der Waals surface area (Å²) in [6.07, 6.45) is 2.15. The summed E-state index contributed by atoms with van der Waals surface area (Å²) in [5.74, 6) is 0.571. The zero-order valence-corrected chi connectivity index (χ0v) is 10.8. The topological polar surface area (TPSA) is 70.1 Å². The number of rotatable bonds is 2. The molecule has 5 nitrogen and oxygen atoms in total. The number of aromatic nitrogens is 2. The van der Waals surface area contributed by atoms with E-state index in [0.29, 0.717) is 17.4 Å². The quantitative estimate of drug-likeness (QED) is 0.797. The van der Waals surface area contributed by atoms with Gasteiger partial charge in [0.1, 0.15) is 5.82 Å². The summed E-state index contributed by atoms with van der Waals surface area (Å²) in [5, 5.41) is 4.33. The van der Waals surface area contributed by atoms with Crippen molar-refractivity contribution in [3.8, 4) is 0 Å². The fourth-order valence-electron chi connectivity index (χ4n) is 1.98. The maximum Gasteiger partial charge on any atom is 0.358 e. The van der Waals surface area contributed by atoms with Crippen molar-refractivity contribution in [3.63, 3.8) is 0 Å². The monoisotopic (exact) mass is 237 g/mol. The Kier molecular flexibility index (Phi) is 2.64. The summed E-state index contributed by atoms with van der Waals surface area (Å²) >= 11 is 0. The second-order valence-electron chi connectivity index (χ2n) is 5.50. The van der Waals surface area contributed by atoms with Crippen molar-refractivity contribution in [3.05, 3.63) is 11.3 Å². The Labute approximate surface area is 101 Å². The first-order valence-corrected chi connectivity index (χ1v) is 5.83. The van der Waals surface area contributed by atoms with Gasteiger partial charge in [0, 0.05) is 5.56 Å². The average Bonchev–Trinajstić information content (AvgIpc) is 2.99. The minimum Gasteiger partial charge on any atom is -0.464 e. The third-order valence-corrected chi connectivity index (χ3v) is 2.96. The molecule has 17 heavy (non-hydrogen) atoms. The van der Waals surface area contributed by atoms with E-state index in [2.05, 4.69) is 5.10 Å².